The third kappa shape index (κ3) is 2.95. The number of rotatable bonds is 3. The molecular formula is C13H24ClNO2. The Hall–Kier alpha value is -0.250. The molecule has 17 heavy (non-hydrogen) atoms. The first-order valence-electron chi connectivity index (χ1n) is 6.08. The summed E-state index contributed by atoms with van der Waals surface area (Å²) in [5.41, 5.74) is -0.308. The van der Waals surface area contributed by atoms with Crippen molar-refractivity contribution in [1.82, 2.24) is 4.42 Å². The zero-order valence-corrected chi connectivity index (χ0v) is 12.2. The molecule has 0 unspecified atom stereocenters. The van der Waals surface area contributed by atoms with Gasteiger partial charge in [-0.3, -0.25) is 0 Å². The molecule has 0 amide bonds. The molecule has 1 aliphatic heterocycles. The van der Waals surface area contributed by atoms with Gasteiger partial charge in [0.25, 0.3) is 0 Å². The highest BCUT2D eigenvalue weighted by molar-refractivity contribution is 6.14. The van der Waals surface area contributed by atoms with Gasteiger partial charge in [-0.2, -0.15) is 0 Å². The molecule has 0 bridgehead atoms. The molecule has 0 aromatic carbocycles. The van der Waals surface area contributed by atoms with Crippen molar-refractivity contribution in [3.63, 3.8) is 0 Å². The van der Waals surface area contributed by atoms with E-state index in [0.717, 1.165) is 12.8 Å². The van der Waals surface area contributed by atoms with Gasteiger partial charge in [0.1, 0.15) is 11.9 Å². The average Bonchev–Trinajstić information content (AvgIpc) is 2.20. The second kappa shape index (κ2) is 4.79. The molecular weight excluding hydrogens is 238 g/mol. The molecule has 0 aliphatic carbocycles. The maximum absolute atomic E-state index is 9.32. The van der Waals surface area contributed by atoms with Crippen LogP contribution in [0.4, 0.5) is 0 Å². The predicted octanol–water partition coefficient (Wildman–Crippen LogP) is 3.64. The van der Waals surface area contributed by atoms with Crippen molar-refractivity contribution >= 4 is 11.8 Å². The molecule has 1 aliphatic rings. The van der Waals surface area contributed by atoms with Crippen LogP contribution in [0.3, 0.4) is 0 Å². The Kier molecular flexibility index (Phi) is 4.17. The largest absolute Gasteiger partial charge is 0.510 e. The number of aliphatic hydroxyl groups is 1. The van der Waals surface area contributed by atoms with Gasteiger partial charge in [0.05, 0.1) is 11.6 Å². The second-order valence-corrected chi connectivity index (χ2v) is 6.38. The lowest BCUT2D eigenvalue weighted by atomic mass is 9.80. The van der Waals surface area contributed by atoms with E-state index in [9.17, 15) is 5.11 Å². The van der Waals surface area contributed by atoms with Crippen LogP contribution in [0, 0.1) is 0 Å². The minimum atomic E-state index is -0.356. The monoisotopic (exact) mass is 261 g/mol. The quantitative estimate of drug-likeness (QED) is 0.622. The Morgan fingerprint density at radius 3 is 2.47 bits per heavy atom. The van der Waals surface area contributed by atoms with Crippen LogP contribution in [0.2, 0.25) is 0 Å². The third-order valence-electron chi connectivity index (χ3n) is 3.68. The van der Waals surface area contributed by atoms with E-state index in [-0.39, 0.29) is 29.0 Å². The molecule has 4 heteroatoms. The smallest absolute Gasteiger partial charge is 0.114 e. The van der Waals surface area contributed by atoms with E-state index < -0.39 is 0 Å². The first kappa shape index (κ1) is 14.8. The first-order valence-corrected chi connectivity index (χ1v) is 6.42. The molecule has 2 atom stereocenters. The Morgan fingerprint density at radius 2 is 2.00 bits per heavy atom. The van der Waals surface area contributed by atoms with Crippen molar-refractivity contribution in [2.75, 3.05) is 0 Å². The number of aliphatic hydroxyl groups excluding tert-OH is 1. The normalized spacial score (nSPS) is 29.9. The highest BCUT2D eigenvalue weighted by Gasteiger charge is 2.47. The number of ether oxygens (including phenoxy) is 1. The molecule has 0 spiro atoms. The van der Waals surface area contributed by atoms with Crippen molar-refractivity contribution in [1.29, 1.82) is 0 Å². The van der Waals surface area contributed by atoms with Crippen LogP contribution < -0.4 is 0 Å². The summed E-state index contributed by atoms with van der Waals surface area (Å²) in [7, 11) is 0. The minimum absolute atomic E-state index is 0.00748. The highest BCUT2D eigenvalue weighted by atomic mass is 35.5. The topological polar surface area (TPSA) is 32.7 Å². The van der Waals surface area contributed by atoms with E-state index in [2.05, 4.69) is 34.3 Å². The van der Waals surface area contributed by atoms with Crippen molar-refractivity contribution in [2.24, 2.45) is 0 Å². The van der Waals surface area contributed by atoms with Crippen LogP contribution in [0.15, 0.2) is 12.3 Å². The van der Waals surface area contributed by atoms with Gasteiger partial charge in [-0.1, -0.05) is 6.58 Å². The van der Waals surface area contributed by atoms with Crippen LogP contribution in [-0.4, -0.2) is 32.8 Å². The molecule has 1 rings (SSSR count). The van der Waals surface area contributed by atoms with Crippen LogP contribution in [0.1, 0.15) is 47.5 Å². The van der Waals surface area contributed by atoms with Gasteiger partial charge >= 0.3 is 0 Å². The zero-order valence-electron chi connectivity index (χ0n) is 11.5. The molecule has 100 valence electrons. The Balaban J connectivity index is 2.80. The molecule has 0 aromatic heterocycles. The maximum atomic E-state index is 9.32. The maximum Gasteiger partial charge on any atom is 0.114 e. The van der Waals surface area contributed by atoms with E-state index in [0.29, 0.717) is 0 Å². The highest BCUT2D eigenvalue weighted by Crippen LogP contribution is 2.41. The van der Waals surface area contributed by atoms with E-state index in [1.807, 2.05) is 4.42 Å². The van der Waals surface area contributed by atoms with Crippen molar-refractivity contribution in [3.05, 3.63) is 12.3 Å². The molecule has 3 nitrogen and oxygen atoms in total. The average molecular weight is 262 g/mol. The number of nitrogens with zero attached hydrogens (tertiary/aromatic N) is 1. The van der Waals surface area contributed by atoms with Crippen molar-refractivity contribution in [2.45, 2.75) is 70.7 Å². The summed E-state index contributed by atoms with van der Waals surface area (Å²) in [6, 6.07) is 0. The molecule has 1 heterocycles. The van der Waals surface area contributed by atoms with Crippen molar-refractivity contribution < 1.29 is 9.84 Å². The third-order valence-corrected chi connectivity index (χ3v) is 4.57. The summed E-state index contributed by atoms with van der Waals surface area (Å²) in [5, 5.41) is 9.32. The number of hydrogen-bond donors (Lipinski definition) is 1. The van der Waals surface area contributed by atoms with Gasteiger partial charge in [0, 0.05) is 5.54 Å². The molecule has 0 radical (unpaired) electrons. The summed E-state index contributed by atoms with van der Waals surface area (Å²) in [4.78, 5) is 0. The van der Waals surface area contributed by atoms with Crippen LogP contribution in [0.5, 0.6) is 0 Å². The zero-order chi connectivity index (χ0) is 13.4. The van der Waals surface area contributed by atoms with Gasteiger partial charge in [-0.25, -0.2) is 4.42 Å². The van der Waals surface area contributed by atoms with Gasteiger partial charge in [-0.05, 0) is 59.2 Å². The van der Waals surface area contributed by atoms with E-state index >= 15 is 0 Å². The molecule has 0 saturated carbocycles. The van der Waals surface area contributed by atoms with E-state index in [1.54, 1.807) is 6.92 Å². The summed E-state index contributed by atoms with van der Waals surface area (Å²) in [5.74, 6) is 0.0618. The minimum Gasteiger partial charge on any atom is -0.510 e. The number of halogens is 1. The summed E-state index contributed by atoms with van der Waals surface area (Å²) < 4.78 is 7.70. The first-order chi connectivity index (χ1) is 7.59. The Bertz CT molecular complexity index is 302. The standard InChI is InChI=1S/C13H24ClNO2/c1-9(16)10(2)17-11-7-8-12(3,4)15(14)13(11,5)6/h10-11,16H,1,7-8H2,2-6H3/t10-,11-/m1/s1. The molecule has 1 fully saturated rings. The van der Waals surface area contributed by atoms with Crippen LogP contribution in [0.25, 0.3) is 0 Å². The number of piperidine rings is 1. The van der Waals surface area contributed by atoms with Crippen LogP contribution >= 0.6 is 11.8 Å². The van der Waals surface area contributed by atoms with Gasteiger partial charge in [-0.15, -0.1) is 0 Å². The van der Waals surface area contributed by atoms with Gasteiger partial charge in [0.2, 0.25) is 0 Å². The van der Waals surface area contributed by atoms with Gasteiger partial charge in [0.15, 0.2) is 0 Å². The van der Waals surface area contributed by atoms with Crippen molar-refractivity contribution in [3.8, 4) is 0 Å². The van der Waals surface area contributed by atoms with Crippen LogP contribution in [-0.2, 0) is 4.74 Å². The lowest BCUT2D eigenvalue weighted by Gasteiger charge is -2.52. The lowest BCUT2D eigenvalue weighted by Crippen LogP contribution is -2.61. The fourth-order valence-electron chi connectivity index (χ4n) is 2.40. The Labute approximate surface area is 110 Å². The fourth-order valence-corrected chi connectivity index (χ4v) is 2.60. The molecule has 0 aromatic rings. The van der Waals surface area contributed by atoms with E-state index in [4.69, 9.17) is 16.5 Å². The lowest BCUT2D eigenvalue weighted by molar-refractivity contribution is -0.113. The van der Waals surface area contributed by atoms with E-state index in [1.165, 1.54) is 0 Å². The number of hydrogen-bond acceptors (Lipinski definition) is 3. The molecule has 1 saturated heterocycles. The summed E-state index contributed by atoms with van der Waals surface area (Å²) in [6.45, 7) is 13.7. The Morgan fingerprint density at radius 1 is 1.47 bits per heavy atom. The fraction of sp³-hybridized carbons (Fsp3) is 0.846. The summed E-state index contributed by atoms with van der Waals surface area (Å²) in [6.07, 6.45) is 1.54. The predicted molar refractivity (Wildman–Crippen MR) is 71.2 cm³/mol. The van der Waals surface area contributed by atoms with Gasteiger partial charge < -0.3 is 9.84 Å². The summed E-state index contributed by atoms with van der Waals surface area (Å²) >= 11 is 6.43. The SMILES string of the molecule is C=C(O)[C@@H](C)O[C@@H]1CCC(C)(C)N(Cl)C1(C)C. The molecule has 1 N–H and O–H groups in total. The second-order valence-electron chi connectivity index (χ2n) is 6.04.